The Morgan fingerprint density at radius 1 is 1.47 bits per heavy atom. The van der Waals surface area contributed by atoms with Crippen molar-refractivity contribution in [1.29, 1.82) is 0 Å². The number of nitrogens with one attached hydrogen (secondary N) is 1. The topological polar surface area (TPSA) is 29.9 Å². The molecule has 3 heteroatoms. The van der Waals surface area contributed by atoms with Crippen molar-refractivity contribution < 1.29 is 0 Å². The fourth-order valence-electron chi connectivity index (χ4n) is 2.79. The van der Waals surface area contributed by atoms with E-state index in [0.29, 0.717) is 11.5 Å². The van der Waals surface area contributed by atoms with Crippen molar-refractivity contribution in [2.75, 3.05) is 5.32 Å². The monoisotopic (exact) mass is 235 g/mol. The number of anilines is 1. The lowest BCUT2D eigenvalue weighted by Gasteiger charge is -2.39. The summed E-state index contributed by atoms with van der Waals surface area (Å²) in [5, 5.41) is 3.66. The van der Waals surface area contributed by atoms with Crippen LogP contribution in [0.2, 0.25) is 0 Å². The van der Waals surface area contributed by atoms with E-state index in [4.69, 9.17) is 0 Å². The predicted molar refractivity (Wildman–Crippen MR) is 72.2 cm³/mol. The zero-order valence-corrected chi connectivity index (χ0v) is 11.4. The van der Waals surface area contributed by atoms with E-state index in [-0.39, 0.29) is 0 Å². The second kappa shape index (κ2) is 5.11. The van der Waals surface area contributed by atoms with Crippen LogP contribution < -0.4 is 5.32 Å². The molecule has 0 spiro atoms. The Bertz CT molecular complexity index is 354. The quantitative estimate of drug-likeness (QED) is 0.863. The van der Waals surface area contributed by atoms with Crippen LogP contribution in [0.15, 0.2) is 12.4 Å². The summed E-state index contributed by atoms with van der Waals surface area (Å²) < 4.78 is 2.23. The summed E-state index contributed by atoms with van der Waals surface area (Å²) in [5.41, 5.74) is 0.390. The van der Waals surface area contributed by atoms with Crippen LogP contribution in [0.5, 0.6) is 0 Å². The van der Waals surface area contributed by atoms with Crippen molar-refractivity contribution in [3.8, 4) is 0 Å². The van der Waals surface area contributed by atoms with E-state index >= 15 is 0 Å². The fraction of sp³-hybridized carbons (Fsp3) is 0.786. The van der Waals surface area contributed by atoms with Gasteiger partial charge in [0.25, 0.3) is 0 Å². The minimum absolute atomic E-state index is 0.390. The molecule has 0 saturated heterocycles. The average Bonchev–Trinajstić information content (AvgIpc) is 2.70. The van der Waals surface area contributed by atoms with Gasteiger partial charge in [-0.15, -0.1) is 0 Å². The lowest BCUT2D eigenvalue weighted by molar-refractivity contribution is 0.216. The molecular formula is C14H25N3. The molecule has 96 valence electrons. The maximum atomic E-state index is 4.45. The van der Waals surface area contributed by atoms with Crippen LogP contribution in [0.4, 0.5) is 5.95 Å². The molecule has 1 atom stereocenters. The summed E-state index contributed by atoms with van der Waals surface area (Å²) in [5.74, 6) is 1.05. The van der Waals surface area contributed by atoms with E-state index in [0.717, 1.165) is 18.9 Å². The molecule has 17 heavy (non-hydrogen) atoms. The third kappa shape index (κ3) is 2.82. The second-order valence-corrected chi connectivity index (χ2v) is 5.88. The van der Waals surface area contributed by atoms with Crippen LogP contribution in [0.25, 0.3) is 0 Å². The minimum Gasteiger partial charge on any atom is -0.352 e. The van der Waals surface area contributed by atoms with Crippen molar-refractivity contribution in [2.24, 2.45) is 5.41 Å². The molecule has 1 aliphatic rings. The summed E-state index contributed by atoms with van der Waals surface area (Å²) in [7, 11) is 0. The van der Waals surface area contributed by atoms with Crippen LogP contribution >= 0.6 is 0 Å². The van der Waals surface area contributed by atoms with Gasteiger partial charge in [-0.05, 0) is 24.7 Å². The first-order valence-corrected chi connectivity index (χ1v) is 6.91. The molecule has 0 amide bonds. The lowest BCUT2D eigenvalue weighted by Crippen LogP contribution is -2.39. The van der Waals surface area contributed by atoms with Crippen molar-refractivity contribution in [1.82, 2.24) is 9.55 Å². The normalized spacial score (nSPS) is 23.6. The Balaban J connectivity index is 2.06. The summed E-state index contributed by atoms with van der Waals surface area (Å²) in [4.78, 5) is 4.45. The predicted octanol–water partition coefficient (Wildman–Crippen LogP) is 3.67. The Hall–Kier alpha value is -0.990. The third-order valence-corrected chi connectivity index (χ3v) is 3.99. The van der Waals surface area contributed by atoms with Gasteiger partial charge in [-0.1, -0.05) is 33.6 Å². The number of aryl methyl sites for hydroxylation is 1. The Labute approximate surface area is 105 Å². The van der Waals surface area contributed by atoms with Crippen LogP contribution in [-0.2, 0) is 6.54 Å². The Morgan fingerprint density at radius 2 is 2.29 bits per heavy atom. The van der Waals surface area contributed by atoms with Gasteiger partial charge in [-0.25, -0.2) is 4.98 Å². The minimum atomic E-state index is 0.390. The Morgan fingerprint density at radius 3 is 3.00 bits per heavy atom. The van der Waals surface area contributed by atoms with Gasteiger partial charge in [0, 0.05) is 25.0 Å². The van der Waals surface area contributed by atoms with E-state index in [1.54, 1.807) is 0 Å². The maximum Gasteiger partial charge on any atom is 0.203 e. The molecule has 0 aliphatic heterocycles. The van der Waals surface area contributed by atoms with E-state index in [1.807, 2.05) is 6.20 Å². The van der Waals surface area contributed by atoms with E-state index in [2.05, 4.69) is 41.8 Å². The summed E-state index contributed by atoms with van der Waals surface area (Å²) in [6.07, 6.45) is 10.4. The third-order valence-electron chi connectivity index (χ3n) is 3.99. The Kier molecular flexibility index (Phi) is 3.75. The van der Waals surface area contributed by atoms with Gasteiger partial charge >= 0.3 is 0 Å². The molecule has 0 radical (unpaired) electrons. The molecule has 3 nitrogen and oxygen atoms in total. The molecule has 1 unspecified atom stereocenters. The molecule has 1 heterocycles. The standard InChI is InChI=1S/C14H25N3/c1-4-10-17-11-9-15-13(17)16-12-7-5-6-8-14(12,2)3/h9,11-12H,4-8,10H2,1-3H3,(H,15,16). The molecule has 1 saturated carbocycles. The van der Waals surface area contributed by atoms with Gasteiger partial charge in [0.2, 0.25) is 5.95 Å². The highest BCUT2D eigenvalue weighted by molar-refractivity contribution is 5.29. The molecular weight excluding hydrogens is 210 g/mol. The first-order chi connectivity index (χ1) is 8.13. The average molecular weight is 235 g/mol. The summed E-state index contributed by atoms with van der Waals surface area (Å²) >= 11 is 0. The number of hydrogen-bond donors (Lipinski definition) is 1. The molecule has 1 aliphatic carbocycles. The van der Waals surface area contributed by atoms with Gasteiger partial charge < -0.3 is 9.88 Å². The van der Waals surface area contributed by atoms with Crippen LogP contribution in [0.1, 0.15) is 52.9 Å². The van der Waals surface area contributed by atoms with Crippen molar-refractivity contribution in [3.05, 3.63) is 12.4 Å². The zero-order valence-electron chi connectivity index (χ0n) is 11.4. The number of aromatic nitrogens is 2. The van der Waals surface area contributed by atoms with E-state index in [1.165, 1.54) is 25.7 Å². The number of rotatable bonds is 4. The van der Waals surface area contributed by atoms with Crippen molar-refractivity contribution in [2.45, 2.75) is 65.5 Å². The van der Waals surface area contributed by atoms with E-state index in [9.17, 15) is 0 Å². The first kappa shape index (κ1) is 12.5. The van der Waals surface area contributed by atoms with Gasteiger partial charge in [-0.3, -0.25) is 0 Å². The summed E-state index contributed by atoms with van der Waals surface area (Å²) in [6, 6.07) is 0.564. The van der Waals surface area contributed by atoms with Gasteiger partial charge in [0.1, 0.15) is 0 Å². The smallest absolute Gasteiger partial charge is 0.203 e. The number of imidazole rings is 1. The highest BCUT2D eigenvalue weighted by Crippen LogP contribution is 2.36. The highest BCUT2D eigenvalue weighted by Gasteiger charge is 2.32. The molecule has 1 aromatic heterocycles. The zero-order chi connectivity index (χ0) is 12.3. The molecule has 0 bridgehead atoms. The fourth-order valence-corrected chi connectivity index (χ4v) is 2.79. The van der Waals surface area contributed by atoms with Crippen LogP contribution in [-0.4, -0.2) is 15.6 Å². The molecule has 0 aromatic carbocycles. The van der Waals surface area contributed by atoms with Gasteiger partial charge in [-0.2, -0.15) is 0 Å². The lowest BCUT2D eigenvalue weighted by atomic mass is 9.73. The largest absolute Gasteiger partial charge is 0.352 e. The second-order valence-electron chi connectivity index (χ2n) is 5.88. The van der Waals surface area contributed by atoms with Crippen molar-refractivity contribution in [3.63, 3.8) is 0 Å². The van der Waals surface area contributed by atoms with Crippen LogP contribution in [0, 0.1) is 5.41 Å². The molecule has 2 rings (SSSR count). The molecule has 1 N–H and O–H groups in total. The summed E-state index contributed by atoms with van der Waals surface area (Å²) in [6.45, 7) is 8.00. The van der Waals surface area contributed by atoms with Crippen LogP contribution in [0.3, 0.4) is 0 Å². The maximum absolute atomic E-state index is 4.45. The van der Waals surface area contributed by atoms with Crippen molar-refractivity contribution >= 4 is 5.95 Å². The molecule has 1 aromatic rings. The number of nitrogens with zero attached hydrogens (tertiary/aromatic N) is 2. The SMILES string of the molecule is CCCn1ccnc1NC1CCCCC1(C)C. The van der Waals surface area contributed by atoms with Gasteiger partial charge in [0.05, 0.1) is 0 Å². The van der Waals surface area contributed by atoms with Gasteiger partial charge in [0.15, 0.2) is 0 Å². The molecule has 1 fully saturated rings. The van der Waals surface area contributed by atoms with E-state index < -0.39 is 0 Å². The number of hydrogen-bond acceptors (Lipinski definition) is 2. The highest BCUT2D eigenvalue weighted by atomic mass is 15.2. The first-order valence-electron chi connectivity index (χ1n) is 6.91.